The van der Waals surface area contributed by atoms with Crippen molar-refractivity contribution in [3.8, 4) is 11.4 Å². The first kappa shape index (κ1) is 26.9. The van der Waals surface area contributed by atoms with Crippen molar-refractivity contribution in [2.45, 2.75) is 63.9 Å². The molecule has 2 aliphatic rings. The van der Waals surface area contributed by atoms with Gasteiger partial charge in [-0.05, 0) is 64.7 Å². The van der Waals surface area contributed by atoms with E-state index in [0.29, 0.717) is 49.2 Å². The summed E-state index contributed by atoms with van der Waals surface area (Å²) in [6.07, 6.45) is 5.11. The third-order valence-corrected chi connectivity index (χ3v) is 9.32. The van der Waals surface area contributed by atoms with Gasteiger partial charge >= 0.3 is 5.56 Å². The van der Waals surface area contributed by atoms with Crippen molar-refractivity contribution in [2.75, 3.05) is 37.7 Å². The summed E-state index contributed by atoms with van der Waals surface area (Å²) >= 11 is 6.16. The number of halogens is 1. The van der Waals surface area contributed by atoms with E-state index >= 15 is 0 Å². The van der Waals surface area contributed by atoms with E-state index in [4.69, 9.17) is 21.1 Å². The van der Waals surface area contributed by atoms with Crippen molar-refractivity contribution in [3.05, 3.63) is 45.8 Å². The fraction of sp³-hybridized carbons (Fsp3) is 0.600. The molecule has 1 aromatic heterocycles. The second-order valence-electron chi connectivity index (χ2n) is 9.51. The largest absolute Gasteiger partial charge is 0.483 e. The lowest BCUT2D eigenvalue weighted by atomic mass is 9.95. The number of sulfonamides is 1. The van der Waals surface area contributed by atoms with E-state index in [0.717, 1.165) is 25.7 Å². The maximum atomic E-state index is 13.7. The van der Waals surface area contributed by atoms with E-state index in [1.54, 1.807) is 44.3 Å². The lowest BCUT2D eigenvalue weighted by Crippen LogP contribution is -2.50. The number of ether oxygens (including phenoxy) is 2. The molecule has 0 atom stereocenters. The average Bonchev–Trinajstić information content (AvgIpc) is 2.86. The lowest BCUT2D eigenvalue weighted by molar-refractivity contribution is 0.00850. The number of nitrogens with zero attached hydrogens (tertiary/aromatic N) is 4. The Morgan fingerprint density at radius 3 is 2.36 bits per heavy atom. The number of aromatic nitrogens is 2. The van der Waals surface area contributed by atoms with E-state index in [9.17, 15) is 13.2 Å². The molecular weight excluding hydrogens is 504 g/mol. The third kappa shape index (κ3) is 5.88. The normalized spacial score (nSPS) is 21.6. The minimum absolute atomic E-state index is 0.106. The Morgan fingerprint density at radius 1 is 1.08 bits per heavy atom. The molecule has 0 amide bonds. The van der Waals surface area contributed by atoms with Gasteiger partial charge in [0.25, 0.3) is 0 Å². The van der Waals surface area contributed by atoms with Crippen molar-refractivity contribution < 1.29 is 17.9 Å². The van der Waals surface area contributed by atoms with Crippen LogP contribution in [0.5, 0.6) is 5.75 Å². The number of benzene rings is 1. The van der Waals surface area contributed by atoms with Gasteiger partial charge in [0.05, 0.1) is 29.3 Å². The van der Waals surface area contributed by atoms with Gasteiger partial charge in [-0.1, -0.05) is 17.7 Å². The molecule has 2 fully saturated rings. The second kappa shape index (κ2) is 11.5. The minimum Gasteiger partial charge on any atom is -0.483 e. The van der Waals surface area contributed by atoms with Gasteiger partial charge in [0.15, 0.2) is 0 Å². The number of rotatable bonds is 8. The third-order valence-electron chi connectivity index (χ3n) is 6.81. The van der Waals surface area contributed by atoms with Crippen molar-refractivity contribution in [1.82, 2.24) is 14.1 Å². The van der Waals surface area contributed by atoms with Gasteiger partial charge in [-0.3, -0.25) is 4.79 Å². The predicted octanol–water partition coefficient (Wildman–Crippen LogP) is 3.47. The molecule has 0 bridgehead atoms. The quantitative estimate of drug-likeness (QED) is 0.508. The molecule has 198 valence electrons. The molecule has 2 heterocycles. The maximum absolute atomic E-state index is 13.7. The highest BCUT2D eigenvalue weighted by molar-refractivity contribution is 7.89. The van der Waals surface area contributed by atoms with Gasteiger partial charge < -0.3 is 14.4 Å². The van der Waals surface area contributed by atoms with Crippen LogP contribution in [0.4, 0.5) is 5.69 Å². The van der Waals surface area contributed by atoms with Gasteiger partial charge in [-0.15, -0.1) is 0 Å². The smallest absolute Gasteiger partial charge is 0.316 e. The number of anilines is 1. The molecule has 1 aromatic carbocycles. The number of hydrogen-bond donors (Lipinski definition) is 0. The van der Waals surface area contributed by atoms with Crippen LogP contribution in [0.15, 0.2) is 35.3 Å². The number of hydrogen-bond acceptors (Lipinski definition) is 7. The number of piperazine rings is 1. The van der Waals surface area contributed by atoms with Gasteiger partial charge in [0, 0.05) is 37.8 Å². The molecule has 1 saturated heterocycles. The Bertz CT molecular complexity index is 1200. The molecule has 2 aromatic rings. The minimum atomic E-state index is -3.33. The summed E-state index contributed by atoms with van der Waals surface area (Å²) in [6, 6.07) is 6.96. The molecule has 0 N–H and O–H groups in total. The van der Waals surface area contributed by atoms with Gasteiger partial charge in [0.2, 0.25) is 15.8 Å². The lowest BCUT2D eigenvalue weighted by Gasteiger charge is -2.37. The topological polar surface area (TPSA) is 94.0 Å². The van der Waals surface area contributed by atoms with E-state index < -0.39 is 15.3 Å². The Balaban J connectivity index is 1.62. The summed E-state index contributed by atoms with van der Waals surface area (Å²) in [4.78, 5) is 15.7. The molecule has 1 saturated carbocycles. The standard InChI is InChI=1S/C25H35ClN4O5S/c1-4-34-21-8-10-22(11-9-21)35-24-23(28-12-14-29(15-13-28)36(32,33)18(2)3)17-27-30(25(24)31)20-7-5-6-19(26)16-20/h5-7,16-18,21-22H,4,8-15H2,1-3H3/t21-,22-. The zero-order chi connectivity index (χ0) is 25.9. The summed E-state index contributed by atoms with van der Waals surface area (Å²) in [5.41, 5.74) is 0.780. The fourth-order valence-corrected chi connectivity index (χ4v) is 6.21. The molecule has 0 unspecified atom stereocenters. The van der Waals surface area contributed by atoms with Crippen LogP contribution in [-0.4, -0.2) is 72.7 Å². The van der Waals surface area contributed by atoms with Crippen LogP contribution in [0.1, 0.15) is 46.5 Å². The Labute approximate surface area is 218 Å². The first-order chi connectivity index (χ1) is 17.2. The molecule has 1 aliphatic carbocycles. The molecule has 0 spiro atoms. The Morgan fingerprint density at radius 2 is 1.75 bits per heavy atom. The monoisotopic (exact) mass is 538 g/mol. The molecule has 1 aliphatic heterocycles. The van der Waals surface area contributed by atoms with Crippen LogP contribution < -0.4 is 15.2 Å². The van der Waals surface area contributed by atoms with Crippen LogP contribution in [0.25, 0.3) is 5.69 Å². The highest BCUT2D eigenvalue weighted by Crippen LogP contribution is 2.31. The Hall–Kier alpha value is -2.14. The van der Waals surface area contributed by atoms with E-state index in [2.05, 4.69) is 5.10 Å². The predicted molar refractivity (Wildman–Crippen MR) is 141 cm³/mol. The van der Waals surface area contributed by atoms with Gasteiger partial charge in [-0.25, -0.2) is 8.42 Å². The van der Waals surface area contributed by atoms with Crippen LogP contribution in [0, 0.1) is 0 Å². The van der Waals surface area contributed by atoms with Crippen molar-refractivity contribution in [2.24, 2.45) is 0 Å². The van der Waals surface area contributed by atoms with E-state index in [1.165, 1.54) is 8.99 Å². The van der Waals surface area contributed by atoms with Crippen LogP contribution >= 0.6 is 11.6 Å². The highest BCUT2D eigenvalue weighted by Gasteiger charge is 2.32. The zero-order valence-electron chi connectivity index (χ0n) is 21.1. The highest BCUT2D eigenvalue weighted by atomic mass is 35.5. The van der Waals surface area contributed by atoms with Crippen molar-refractivity contribution in [3.63, 3.8) is 0 Å². The summed E-state index contributed by atoms with van der Waals surface area (Å²) in [6.45, 7) is 7.64. The van der Waals surface area contributed by atoms with Crippen LogP contribution in [0.2, 0.25) is 5.02 Å². The molecule has 4 rings (SSSR count). The second-order valence-corrected chi connectivity index (χ2v) is 12.4. The van der Waals surface area contributed by atoms with E-state index in [1.807, 2.05) is 11.8 Å². The summed E-state index contributed by atoms with van der Waals surface area (Å²) in [7, 11) is -3.33. The molecule has 0 radical (unpaired) electrons. The van der Waals surface area contributed by atoms with Crippen LogP contribution in [0.3, 0.4) is 0 Å². The zero-order valence-corrected chi connectivity index (χ0v) is 22.7. The Kier molecular flexibility index (Phi) is 8.59. The summed E-state index contributed by atoms with van der Waals surface area (Å²) in [5.74, 6) is 0.241. The van der Waals surface area contributed by atoms with E-state index in [-0.39, 0.29) is 23.5 Å². The van der Waals surface area contributed by atoms with Crippen LogP contribution in [-0.2, 0) is 14.8 Å². The first-order valence-corrected chi connectivity index (χ1v) is 14.5. The molecule has 11 heteroatoms. The first-order valence-electron chi connectivity index (χ1n) is 12.6. The molecule has 36 heavy (non-hydrogen) atoms. The van der Waals surface area contributed by atoms with Crippen molar-refractivity contribution >= 4 is 27.3 Å². The molecular formula is C25H35ClN4O5S. The average molecular weight is 539 g/mol. The summed E-state index contributed by atoms with van der Waals surface area (Å²) in [5, 5.41) is 4.45. The maximum Gasteiger partial charge on any atom is 0.316 e. The molecule has 9 nitrogen and oxygen atoms in total. The summed E-state index contributed by atoms with van der Waals surface area (Å²) < 4.78 is 40.2. The SMILES string of the molecule is CCO[C@H]1CC[C@H](Oc2c(N3CCN(S(=O)(=O)C(C)C)CC3)cnn(-c3cccc(Cl)c3)c2=O)CC1. The van der Waals surface area contributed by atoms with Gasteiger partial charge in [-0.2, -0.15) is 14.1 Å². The van der Waals surface area contributed by atoms with Gasteiger partial charge in [0.1, 0.15) is 5.69 Å². The van der Waals surface area contributed by atoms with Crippen molar-refractivity contribution in [1.29, 1.82) is 0 Å². The fourth-order valence-electron chi connectivity index (χ4n) is 4.76.